The van der Waals surface area contributed by atoms with Crippen LogP contribution in [0, 0.1) is 0 Å². The minimum absolute atomic E-state index is 0.116. The molecule has 0 aliphatic rings. The van der Waals surface area contributed by atoms with Gasteiger partial charge in [-0.05, 0) is 28.8 Å². The molecule has 0 saturated carbocycles. The molecule has 1 rings (SSSR count). The molecule has 0 atom stereocenters. The Hall–Kier alpha value is -0.960. The van der Waals surface area contributed by atoms with E-state index in [1.165, 1.54) is 4.68 Å². The van der Waals surface area contributed by atoms with Crippen molar-refractivity contribution in [1.82, 2.24) is 9.78 Å². The number of anilines is 1. The predicted molar refractivity (Wildman–Crippen MR) is 83.7 cm³/mol. The van der Waals surface area contributed by atoms with Gasteiger partial charge in [0.1, 0.15) is 4.47 Å². The first-order valence-corrected chi connectivity index (χ1v) is 7.67. The molecule has 0 fully saturated rings. The summed E-state index contributed by atoms with van der Waals surface area (Å²) in [5.74, 6) is 0. The van der Waals surface area contributed by atoms with Crippen LogP contribution in [0.5, 0.6) is 0 Å². The molecule has 8 heteroatoms. The maximum Gasteiger partial charge on any atom is 0.283 e. The fourth-order valence-electron chi connectivity index (χ4n) is 1.64. The van der Waals surface area contributed by atoms with Crippen LogP contribution in [-0.4, -0.2) is 55.0 Å². The van der Waals surface area contributed by atoms with Gasteiger partial charge in [0.25, 0.3) is 5.56 Å². The second-order valence-corrected chi connectivity index (χ2v) is 5.16. The summed E-state index contributed by atoms with van der Waals surface area (Å²) in [7, 11) is 1.65. The number of aliphatic hydroxyl groups is 1. The first-order chi connectivity index (χ1) is 10.2. The summed E-state index contributed by atoms with van der Waals surface area (Å²) in [6, 6.07) is 0. The number of unbranched alkanes of at least 4 members (excludes halogenated alkanes) is 1. The van der Waals surface area contributed by atoms with Crippen molar-refractivity contribution in [2.45, 2.75) is 19.4 Å². The average Bonchev–Trinajstić information content (AvgIpc) is 2.49. The lowest BCUT2D eigenvalue weighted by atomic mass is 10.3. The molecule has 0 aliphatic carbocycles. The minimum Gasteiger partial charge on any atom is -0.394 e. The fourth-order valence-corrected chi connectivity index (χ4v) is 2.09. The average molecular weight is 364 g/mol. The fraction of sp³-hybridized carbons (Fsp3) is 0.692. The summed E-state index contributed by atoms with van der Waals surface area (Å²) in [5.41, 5.74) is 0.409. The van der Waals surface area contributed by atoms with E-state index in [2.05, 4.69) is 26.3 Å². The summed E-state index contributed by atoms with van der Waals surface area (Å²) >= 11 is 3.26. The molecule has 21 heavy (non-hydrogen) atoms. The van der Waals surface area contributed by atoms with Crippen LogP contribution in [-0.2, 0) is 16.0 Å². The summed E-state index contributed by atoms with van der Waals surface area (Å²) in [5, 5.41) is 16.0. The predicted octanol–water partition coefficient (Wildman–Crippen LogP) is 0.853. The molecule has 120 valence electrons. The summed E-state index contributed by atoms with van der Waals surface area (Å²) in [6.45, 7) is 2.73. The van der Waals surface area contributed by atoms with E-state index >= 15 is 0 Å². The van der Waals surface area contributed by atoms with Crippen molar-refractivity contribution in [1.29, 1.82) is 0 Å². The highest BCUT2D eigenvalue weighted by molar-refractivity contribution is 9.10. The number of ether oxygens (including phenoxy) is 2. The number of nitrogens with one attached hydrogen (secondary N) is 1. The van der Waals surface area contributed by atoms with Gasteiger partial charge in [-0.25, -0.2) is 4.68 Å². The molecule has 0 bridgehead atoms. The summed E-state index contributed by atoms with van der Waals surface area (Å²) in [4.78, 5) is 11.9. The Morgan fingerprint density at radius 1 is 1.38 bits per heavy atom. The van der Waals surface area contributed by atoms with Gasteiger partial charge in [-0.2, -0.15) is 5.10 Å². The smallest absolute Gasteiger partial charge is 0.283 e. The van der Waals surface area contributed by atoms with E-state index in [0.717, 1.165) is 19.4 Å². The van der Waals surface area contributed by atoms with Crippen LogP contribution in [0.25, 0.3) is 0 Å². The maximum atomic E-state index is 11.9. The van der Waals surface area contributed by atoms with Crippen LogP contribution in [0.15, 0.2) is 15.5 Å². The zero-order chi connectivity index (χ0) is 15.5. The van der Waals surface area contributed by atoms with Crippen LogP contribution in [0.4, 0.5) is 5.69 Å². The second-order valence-electron chi connectivity index (χ2n) is 4.36. The molecule has 0 aromatic carbocycles. The van der Waals surface area contributed by atoms with E-state index in [9.17, 15) is 4.79 Å². The Kier molecular flexibility index (Phi) is 9.24. The Balaban J connectivity index is 2.29. The number of rotatable bonds is 11. The quantitative estimate of drug-likeness (QED) is 0.567. The van der Waals surface area contributed by atoms with Crippen molar-refractivity contribution < 1.29 is 14.6 Å². The zero-order valence-corrected chi connectivity index (χ0v) is 13.8. The third kappa shape index (κ3) is 6.56. The Morgan fingerprint density at radius 3 is 2.90 bits per heavy atom. The van der Waals surface area contributed by atoms with Gasteiger partial charge in [-0.1, -0.05) is 0 Å². The van der Waals surface area contributed by atoms with Crippen molar-refractivity contribution in [3.8, 4) is 0 Å². The van der Waals surface area contributed by atoms with Gasteiger partial charge in [-0.15, -0.1) is 0 Å². The normalized spacial score (nSPS) is 10.8. The number of hydrogen-bond acceptors (Lipinski definition) is 6. The molecule has 7 nitrogen and oxygen atoms in total. The molecule has 1 aromatic rings. The Labute approximate surface area is 132 Å². The number of aliphatic hydroxyl groups excluding tert-OH is 1. The molecular weight excluding hydrogens is 342 g/mol. The lowest BCUT2D eigenvalue weighted by molar-refractivity contribution is 0.0691. The van der Waals surface area contributed by atoms with E-state index in [0.29, 0.717) is 30.0 Å². The maximum absolute atomic E-state index is 11.9. The minimum atomic E-state index is -0.253. The third-order valence-electron chi connectivity index (χ3n) is 2.76. The molecule has 1 aromatic heterocycles. The number of halogens is 1. The largest absolute Gasteiger partial charge is 0.394 e. The second kappa shape index (κ2) is 10.7. The van der Waals surface area contributed by atoms with Gasteiger partial charge in [0.15, 0.2) is 0 Å². The van der Waals surface area contributed by atoms with Crippen molar-refractivity contribution in [3.63, 3.8) is 0 Å². The van der Waals surface area contributed by atoms with Gasteiger partial charge in [0.2, 0.25) is 0 Å². The number of hydrogen-bond donors (Lipinski definition) is 2. The van der Waals surface area contributed by atoms with Crippen LogP contribution in [0.3, 0.4) is 0 Å². The van der Waals surface area contributed by atoms with Crippen molar-refractivity contribution in [2.24, 2.45) is 0 Å². The van der Waals surface area contributed by atoms with Gasteiger partial charge in [0.05, 0.1) is 38.2 Å². The van der Waals surface area contributed by atoms with Crippen molar-refractivity contribution >= 4 is 21.6 Å². The molecule has 0 aliphatic heterocycles. The molecule has 0 amide bonds. The number of methoxy groups -OCH3 is 1. The molecule has 0 unspecified atom stereocenters. The van der Waals surface area contributed by atoms with Crippen LogP contribution in [0.1, 0.15) is 12.8 Å². The Morgan fingerprint density at radius 2 is 2.19 bits per heavy atom. The summed E-state index contributed by atoms with van der Waals surface area (Å²) < 4.78 is 11.9. The highest BCUT2D eigenvalue weighted by Crippen LogP contribution is 2.15. The van der Waals surface area contributed by atoms with Crippen molar-refractivity contribution in [3.05, 3.63) is 21.0 Å². The highest BCUT2D eigenvalue weighted by atomic mass is 79.9. The first kappa shape index (κ1) is 18.1. The number of nitrogens with zero attached hydrogens (tertiary/aromatic N) is 2. The van der Waals surface area contributed by atoms with E-state index in [-0.39, 0.29) is 18.7 Å². The molecule has 1 heterocycles. The molecule has 2 N–H and O–H groups in total. The topological polar surface area (TPSA) is 85.6 Å². The zero-order valence-electron chi connectivity index (χ0n) is 12.2. The Bertz CT molecular complexity index is 467. The monoisotopic (exact) mass is 363 g/mol. The molecule has 0 saturated heterocycles. The first-order valence-electron chi connectivity index (χ1n) is 6.87. The standard InChI is InChI=1S/C13H22BrN3O4/c1-20-8-9-21-7-3-2-4-15-11-10-16-17(5-6-18)13(19)12(11)14/h10,15,18H,2-9H2,1H3. The van der Waals surface area contributed by atoms with E-state index in [1.54, 1.807) is 13.3 Å². The lowest BCUT2D eigenvalue weighted by Crippen LogP contribution is -2.26. The van der Waals surface area contributed by atoms with Crippen LogP contribution in [0.2, 0.25) is 0 Å². The molecular formula is C13H22BrN3O4. The van der Waals surface area contributed by atoms with Crippen LogP contribution < -0.4 is 10.9 Å². The van der Waals surface area contributed by atoms with E-state index in [1.807, 2.05) is 0 Å². The van der Waals surface area contributed by atoms with Gasteiger partial charge in [0, 0.05) is 20.3 Å². The highest BCUT2D eigenvalue weighted by Gasteiger charge is 2.07. The molecule has 0 spiro atoms. The van der Waals surface area contributed by atoms with Gasteiger partial charge >= 0.3 is 0 Å². The SMILES string of the molecule is COCCOCCCCNc1cnn(CCO)c(=O)c1Br. The van der Waals surface area contributed by atoms with E-state index < -0.39 is 0 Å². The summed E-state index contributed by atoms with van der Waals surface area (Å²) in [6.07, 6.45) is 3.44. The number of aromatic nitrogens is 2. The van der Waals surface area contributed by atoms with Gasteiger partial charge < -0.3 is 19.9 Å². The van der Waals surface area contributed by atoms with E-state index in [4.69, 9.17) is 14.6 Å². The van der Waals surface area contributed by atoms with Gasteiger partial charge in [-0.3, -0.25) is 4.79 Å². The van der Waals surface area contributed by atoms with Crippen molar-refractivity contribution in [2.75, 3.05) is 45.4 Å². The lowest BCUT2D eigenvalue weighted by Gasteiger charge is -2.10. The third-order valence-corrected chi connectivity index (χ3v) is 3.53. The van der Waals surface area contributed by atoms with Crippen LogP contribution >= 0.6 is 15.9 Å². The molecule has 0 radical (unpaired) electrons.